The van der Waals surface area contributed by atoms with Crippen LogP contribution in [0.4, 0.5) is 5.82 Å². The molecule has 0 spiro atoms. The van der Waals surface area contributed by atoms with Gasteiger partial charge in [-0.3, -0.25) is 0 Å². The molecule has 2 aromatic heterocycles. The third-order valence-electron chi connectivity index (χ3n) is 1.42. The summed E-state index contributed by atoms with van der Waals surface area (Å²) in [6, 6.07) is 0. The molecule has 0 fully saturated rings. The number of aromatic nitrogens is 3. The van der Waals surface area contributed by atoms with Gasteiger partial charge in [0.15, 0.2) is 0 Å². The van der Waals surface area contributed by atoms with Crippen LogP contribution >= 0.6 is 11.3 Å². The molecule has 0 aliphatic rings. The van der Waals surface area contributed by atoms with Gasteiger partial charge in [0, 0.05) is 11.6 Å². The van der Waals surface area contributed by atoms with E-state index in [4.69, 9.17) is 5.73 Å². The summed E-state index contributed by atoms with van der Waals surface area (Å²) < 4.78 is 1.72. The van der Waals surface area contributed by atoms with Gasteiger partial charge in [0.1, 0.15) is 5.82 Å². The SMILES string of the molecule is Cc1cnn(-c2nc(N)cs2)c1. The van der Waals surface area contributed by atoms with Crippen molar-refractivity contribution >= 4 is 17.2 Å². The molecule has 2 rings (SSSR count). The molecule has 0 amide bonds. The lowest BCUT2D eigenvalue weighted by Crippen LogP contribution is -1.93. The van der Waals surface area contributed by atoms with Gasteiger partial charge < -0.3 is 5.73 Å². The molecule has 0 radical (unpaired) electrons. The average Bonchev–Trinajstić information content (AvgIpc) is 2.58. The Bertz CT molecular complexity index is 351. The van der Waals surface area contributed by atoms with Crippen LogP contribution in [-0.4, -0.2) is 14.8 Å². The Morgan fingerprint density at radius 1 is 1.58 bits per heavy atom. The third kappa shape index (κ3) is 1.18. The third-order valence-corrected chi connectivity index (χ3v) is 2.27. The largest absolute Gasteiger partial charge is 0.383 e. The molecule has 4 nitrogen and oxygen atoms in total. The molecule has 0 aromatic carbocycles. The number of hydrogen-bond acceptors (Lipinski definition) is 4. The zero-order chi connectivity index (χ0) is 8.55. The maximum Gasteiger partial charge on any atom is 0.212 e. The minimum absolute atomic E-state index is 0.545. The summed E-state index contributed by atoms with van der Waals surface area (Å²) in [6.07, 6.45) is 3.70. The lowest BCUT2D eigenvalue weighted by Gasteiger charge is -1.90. The van der Waals surface area contributed by atoms with E-state index in [-0.39, 0.29) is 0 Å². The van der Waals surface area contributed by atoms with E-state index in [1.165, 1.54) is 11.3 Å². The Kier molecular flexibility index (Phi) is 1.58. The van der Waals surface area contributed by atoms with Gasteiger partial charge >= 0.3 is 0 Å². The summed E-state index contributed by atoms with van der Waals surface area (Å²) in [5.41, 5.74) is 6.60. The van der Waals surface area contributed by atoms with Gasteiger partial charge in [0.05, 0.1) is 6.20 Å². The van der Waals surface area contributed by atoms with Crippen molar-refractivity contribution in [2.24, 2.45) is 0 Å². The fraction of sp³-hybridized carbons (Fsp3) is 0.143. The van der Waals surface area contributed by atoms with E-state index in [0.29, 0.717) is 5.82 Å². The maximum atomic E-state index is 5.48. The van der Waals surface area contributed by atoms with Crippen molar-refractivity contribution in [1.29, 1.82) is 0 Å². The van der Waals surface area contributed by atoms with Crippen molar-refractivity contribution < 1.29 is 0 Å². The highest BCUT2D eigenvalue weighted by Gasteiger charge is 2.01. The van der Waals surface area contributed by atoms with Crippen LogP contribution in [-0.2, 0) is 0 Å². The fourth-order valence-electron chi connectivity index (χ4n) is 0.899. The topological polar surface area (TPSA) is 56.7 Å². The van der Waals surface area contributed by atoms with E-state index in [9.17, 15) is 0 Å². The van der Waals surface area contributed by atoms with Crippen LogP contribution in [0.2, 0.25) is 0 Å². The van der Waals surface area contributed by atoms with Gasteiger partial charge in [0.2, 0.25) is 5.13 Å². The second kappa shape index (κ2) is 2.60. The lowest BCUT2D eigenvalue weighted by molar-refractivity contribution is 0.870. The zero-order valence-corrected chi connectivity index (χ0v) is 7.38. The number of nitrogen functional groups attached to an aromatic ring is 1. The number of nitrogens with zero attached hydrogens (tertiary/aromatic N) is 3. The summed E-state index contributed by atoms with van der Waals surface area (Å²) in [5, 5.41) is 6.71. The van der Waals surface area contributed by atoms with Crippen molar-refractivity contribution in [3.63, 3.8) is 0 Å². The number of nitrogens with two attached hydrogens (primary N) is 1. The number of hydrogen-bond donors (Lipinski definition) is 1. The molecule has 2 heterocycles. The van der Waals surface area contributed by atoms with Crippen LogP contribution in [0.1, 0.15) is 5.56 Å². The number of anilines is 1. The molecule has 12 heavy (non-hydrogen) atoms. The molecule has 0 saturated heterocycles. The Morgan fingerprint density at radius 2 is 2.42 bits per heavy atom. The maximum absolute atomic E-state index is 5.48. The molecule has 0 atom stereocenters. The smallest absolute Gasteiger partial charge is 0.212 e. The highest BCUT2D eigenvalue weighted by molar-refractivity contribution is 7.12. The van der Waals surface area contributed by atoms with Gasteiger partial charge in [0.25, 0.3) is 0 Å². The van der Waals surface area contributed by atoms with E-state index < -0.39 is 0 Å². The van der Waals surface area contributed by atoms with Crippen molar-refractivity contribution in [3.8, 4) is 5.13 Å². The Balaban J connectivity index is 2.43. The second-order valence-corrected chi connectivity index (χ2v) is 3.35. The van der Waals surface area contributed by atoms with Crippen LogP contribution < -0.4 is 5.73 Å². The highest BCUT2D eigenvalue weighted by Crippen LogP contribution is 2.15. The lowest BCUT2D eigenvalue weighted by atomic mass is 10.4. The number of thiazole rings is 1. The van der Waals surface area contributed by atoms with Crippen molar-refractivity contribution in [2.45, 2.75) is 6.92 Å². The van der Waals surface area contributed by atoms with Crippen LogP contribution in [0.5, 0.6) is 0 Å². The second-order valence-electron chi connectivity index (χ2n) is 2.52. The molecule has 0 saturated carbocycles. The molecule has 0 unspecified atom stereocenters. The zero-order valence-electron chi connectivity index (χ0n) is 6.56. The minimum Gasteiger partial charge on any atom is -0.383 e. The predicted octanol–water partition coefficient (Wildman–Crippen LogP) is 1.22. The quantitative estimate of drug-likeness (QED) is 0.717. The molecule has 0 aliphatic heterocycles. The van der Waals surface area contributed by atoms with E-state index >= 15 is 0 Å². The molecule has 62 valence electrons. The first-order valence-electron chi connectivity index (χ1n) is 3.48. The molecule has 0 aliphatic carbocycles. The van der Waals surface area contributed by atoms with E-state index in [2.05, 4.69) is 10.1 Å². The van der Waals surface area contributed by atoms with Gasteiger partial charge in [-0.25, -0.2) is 9.67 Å². The first-order chi connectivity index (χ1) is 5.75. The van der Waals surface area contributed by atoms with Crippen LogP contribution in [0.3, 0.4) is 0 Å². The molecular formula is C7H8N4S. The number of rotatable bonds is 1. The predicted molar refractivity (Wildman–Crippen MR) is 48.4 cm³/mol. The van der Waals surface area contributed by atoms with Crippen molar-refractivity contribution in [3.05, 3.63) is 23.3 Å². The molecule has 0 bridgehead atoms. The first-order valence-corrected chi connectivity index (χ1v) is 4.36. The Labute approximate surface area is 73.7 Å². The number of aryl methyl sites for hydroxylation is 1. The summed E-state index contributed by atoms with van der Waals surface area (Å²) >= 11 is 1.48. The highest BCUT2D eigenvalue weighted by atomic mass is 32.1. The van der Waals surface area contributed by atoms with E-state index in [1.807, 2.05) is 13.1 Å². The molecule has 2 aromatic rings. The van der Waals surface area contributed by atoms with E-state index in [0.717, 1.165) is 10.7 Å². The van der Waals surface area contributed by atoms with Crippen LogP contribution in [0.25, 0.3) is 5.13 Å². The molecule has 5 heteroatoms. The Morgan fingerprint density at radius 3 is 2.92 bits per heavy atom. The standard InChI is InChI=1S/C7H8N4S/c1-5-2-9-11(3-5)7-10-6(8)4-12-7/h2-4H,8H2,1H3. The van der Waals surface area contributed by atoms with Gasteiger partial charge in [-0.15, -0.1) is 11.3 Å². The van der Waals surface area contributed by atoms with Gasteiger partial charge in [-0.05, 0) is 12.5 Å². The van der Waals surface area contributed by atoms with Crippen LogP contribution in [0, 0.1) is 6.92 Å². The van der Waals surface area contributed by atoms with Crippen molar-refractivity contribution in [2.75, 3.05) is 5.73 Å². The minimum atomic E-state index is 0.545. The first kappa shape index (κ1) is 7.30. The van der Waals surface area contributed by atoms with Gasteiger partial charge in [-0.1, -0.05) is 0 Å². The molecule has 2 N–H and O–H groups in total. The summed E-state index contributed by atoms with van der Waals surface area (Å²) in [4.78, 5) is 4.09. The summed E-state index contributed by atoms with van der Waals surface area (Å²) in [7, 11) is 0. The van der Waals surface area contributed by atoms with Crippen molar-refractivity contribution in [1.82, 2.24) is 14.8 Å². The Hall–Kier alpha value is -1.36. The fourth-order valence-corrected chi connectivity index (χ4v) is 1.54. The van der Waals surface area contributed by atoms with E-state index in [1.54, 1.807) is 16.3 Å². The van der Waals surface area contributed by atoms with Gasteiger partial charge in [-0.2, -0.15) is 5.10 Å². The average molecular weight is 180 g/mol. The molecular weight excluding hydrogens is 172 g/mol. The normalized spacial score (nSPS) is 10.4. The van der Waals surface area contributed by atoms with Crippen LogP contribution in [0.15, 0.2) is 17.8 Å². The summed E-state index contributed by atoms with van der Waals surface area (Å²) in [5.74, 6) is 0.545. The monoisotopic (exact) mass is 180 g/mol. The summed E-state index contributed by atoms with van der Waals surface area (Å²) in [6.45, 7) is 1.99.